The number of likely N-dealkylation sites (tertiary alicyclic amines) is 1. The number of thiophene rings is 1. The molecule has 2 atom stereocenters. The van der Waals surface area contributed by atoms with Crippen molar-refractivity contribution in [3.63, 3.8) is 0 Å². The van der Waals surface area contributed by atoms with E-state index in [0.29, 0.717) is 12.1 Å². The van der Waals surface area contributed by atoms with E-state index in [9.17, 15) is 0 Å². The average molecular weight is 300 g/mol. The molecule has 3 heteroatoms. The molecule has 0 aliphatic carbocycles. The molecule has 21 heavy (non-hydrogen) atoms. The lowest BCUT2D eigenvalue weighted by atomic mass is 10.0. The van der Waals surface area contributed by atoms with E-state index in [1.807, 2.05) is 11.3 Å². The van der Waals surface area contributed by atoms with Crippen LogP contribution < -0.4 is 5.32 Å². The van der Waals surface area contributed by atoms with Crippen LogP contribution in [0.2, 0.25) is 0 Å². The van der Waals surface area contributed by atoms with Gasteiger partial charge in [0.2, 0.25) is 0 Å². The van der Waals surface area contributed by atoms with Gasteiger partial charge in [-0.1, -0.05) is 36.4 Å². The van der Waals surface area contributed by atoms with E-state index in [1.165, 1.54) is 29.8 Å². The van der Waals surface area contributed by atoms with Gasteiger partial charge in [-0.2, -0.15) is 0 Å². The molecule has 112 valence electrons. The molecule has 1 aromatic carbocycles. The third kappa shape index (κ3) is 4.16. The molecule has 2 nitrogen and oxygen atoms in total. The van der Waals surface area contributed by atoms with Crippen LogP contribution in [-0.2, 0) is 6.54 Å². The Labute approximate surface area is 131 Å². The second kappa shape index (κ2) is 7.21. The lowest BCUT2D eigenvalue weighted by Crippen LogP contribution is -2.45. The number of benzene rings is 1. The molecule has 1 N–H and O–H groups in total. The summed E-state index contributed by atoms with van der Waals surface area (Å²) in [7, 11) is 0. The molecule has 1 unspecified atom stereocenters. The Kier molecular flexibility index (Phi) is 5.07. The van der Waals surface area contributed by atoms with Gasteiger partial charge in [0.15, 0.2) is 0 Å². The van der Waals surface area contributed by atoms with Crippen molar-refractivity contribution in [3.05, 3.63) is 58.3 Å². The summed E-state index contributed by atoms with van der Waals surface area (Å²) in [5.74, 6) is 0. The molecule has 0 saturated carbocycles. The molecule has 1 aliphatic heterocycles. The average Bonchev–Trinajstić information content (AvgIpc) is 3.03. The van der Waals surface area contributed by atoms with Crippen LogP contribution in [0, 0.1) is 0 Å². The quantitative estimate of drug-likeness (QED) is 0.895. The van der Waals surface area contributed by atoms with E-state index >= 15 is 0 Å². The molecule has 1 fully saturated rings. The maximum Gasteiger partial charge on any atom is 0.0388 e. The fourth-order valence-corrected chi connectivity index (χ4v) is 3.89. The van der Waals surface area contributed by atoms with Crippen LogP contribution in [0.15, 0.2) is 47.8 Å². The summed E-state index contributed by atoms with van der Waals surface area (Å²) in [6.07, 6.45) is 2.59. The van der Waals surface area contributed by atoms with Crippen molar-refractivity contribution in [2.24, 2.45) is 0 Å². The van der Waals surface area contributed by atoms with Crippen LogP contribution in [-0.4, -0.2) is 24.0 Å². The number of nitrogens with zero attached hydrogens (tertiary/aromatic N) is 1. The molecule has 2 aromatic rings. The number of piperidine rings is 1. The highest BCUT2D eigenvalue weighted by molar-refractivity contribution is 7.10. The first-order valence-electron chi connectivity index (χ1n) is 7.87. The van der Waals surface area contributed by atoms with Crippen molar-refractivity contribution in [1.29, 1.82) is 0 Å². The molecule has 0 bridgehead atoms. The largest absolute Gasteiger partial charge is 0.305 e. The van der Waals surface area contributed by atoms with Gasteiger partial charge in [0, 0.05) is 30.1 Å². The minimum atomic E-state index is 0.465. The van der Waals surface area contributed by atoms with Gasteiger partial charge in [-0.25, -0.2) is 0 Å². The lowest BCUT2D eigenvalue weighted by molar-refractivity contribution is 0.177. The van der Waals surface area contributed by atoms with Gasteiger partial charge in [0.05, 0.1) is 0 Å². The van der Waals surface area contributed by atoms with Crippen molar-refractivity contribution >= 4 is 11.3 Å². The minimum absolute atomic E-state index is 0.465. The van der Waals surface area contributed by atoms with Crippen molar-refractivity contribution in [2.45, 2.75) is 38.4 Å². The fourth-order valence-electron chi connectivity index (χ4n) is 3.15. The zero-order valence-electron chi connectivity index (χ0n) is 12.7. The Bertz CT molecular complexity index is 523. The smallest absolute Gasteiger partial charge is 0.0388 e. The van der Waals surface area contributed by atoms with E-state index in [4.69, 9.17) is 0 Å². The molecular weight excluding hydrogens is 276 g/mol. The van der Waals surface area contributed by atoms with Gasteiger partial charge in [0.25, 0.3) is 0 Å². The van der Waals surface area contributed by atoms with Crippen molar-refractivity contribution in [2.75, 3.05) is 13.1 Å². The highest BCUT2D eigenvalue weighted by atomic mass is 32.1. The zero-order chi connectivity index (χ0) is 14.5. The first-order chi connectivity index (χ1) is 10.3. The van der Waals surface area contributed by atoms with Crippen LogP contribution in [0.3, 0.4) is 0 Å². The third-order valence-electron chi connectivity index (χ3n) is 4.21. The number of rotatable bonds is 5. The summed E-state index contributed by atoms with van der Waals surface area (Å²) in [5, 5.41) is 5.97. The minimum Gasteiger partial charge on any atom is -0.305 e. The Morgan fingerprint density at radius 3 is 2.86 bits per heavy atom. The van der Waals surface area contributed by atoms with Gasteiger partial charge in [-0.05, 0) is 43.3 Å². The summed E-state index contributed by atoms with van der Waals surface area (Å²) >= 11 is 1.85. The summed E-state index contributed by atoms with van der Waals surface area (Å²) in [6.45, 7) is 5.74. The third-order valence-corrected chi connectivity index (χ3v) is 5.27. The standard InChI is InChI=1S/C18H24N2S/c1-15(18-10-6-12-21-18)19-17-9-5-11-20(14-17)13-16-7-3-2-4-8-16/h2-4,6-8,10,12,15,17,19H,5,9,11,13-14H2,1H3/t15-,17?/m0/s1. The summed E-state index contributed by atoms with van der Waals surface area (Å²) < 4.78 is 0. The van der Waals surface area contributed by atoms with Gasteiger partial charge in [0.1, 0.15) is 0 Å². The molecule has 3 rings (SSSR count). The molecule has 0 amide bonds. The van der Waals surface area contributed by atoms with E-state index in [2.05, 4.69) is 65.0 Å². The number of hydrogen-bond acceptors (Lipinski definition) is 3. The molecule has 1 aliphatic rings. The molecule has 2 heterocycles. The number of nitrogens with one attached hydrogen (secondary N) is 1. The first kappa shape index (κ1) is 14.8. The topological polar surface area (TPSA) is 15.3 Å². The molecule has 0 radical (unpaired) electrons. The Morgan fingerprint density at radius 1 is 1.24 bits per heavy atom. The van der Waals surface area contributed by atoms with E-state index in [0.717, 1.165) is 13.1 Å². The summed E-state index contributed by atoms with van der Waals surface area (Å²) in [5.41, 5.74) is 1.42. The normalized spacial score (nSPS) is 21.3. The van der Waals surface area contributed by atoms with Crippen LogP contribution in [0.5, 0.6) is 0 Å². The van der Waals surface area contributed by atoms with Gasteiger partial charge >= 0.3 is 0 Å². The second-order valence-electron chi connectivity index (χ2n) is 5.96. The lowest BCUT2D eigenvalue weighted by Gasteiger charge is -2.34. The predicted molar refractivity (Wildman–Crippen MR) is 90.6 cm³/mol. The molecule has 0 spiro atoms. The molecule has 1 saturated heterocycles. The van der Waals surface area contributed by atoms with Crippen LogP contribution in [0.1, 0.15) is 36.2 Å². The SMILES string of the molecule is C[C@H](NC1CCCN(Cc2ccccc2)C1)c1cccs1. The van der Waals surface area contributed by atoms with Crippen molar-refractivity contribution < 1.29 is 0 Å². The predicted octanol–water partition coefficient (Wildman–Crippen LogP) is 4.06. The van der Waals surface area contributed by atoms with Crippen molar-refractivity contribution in [1.82, 2.24) is 10.2 Å². The van der Waals surface area contributed by atoms with Crippen LogP contribution >= 0.6 is 11.3 Å². The second-order valence-corrected chi connectivity index (χ2v) is 6.94. The summed E-state index contributed by atoms with van der Waals surface area (Å²) in [4.78, 5) is 4.02. The van der Waals surface area contributed by atoms with Crippen molar-refractivity contribution in [3.8, 4) is 0 Å². The maximum absolute atomic E-state index is 3.81. The Morgan fingerprint density at radius 2 is 2.10 bits per heavy atom. The van der Waals surface area contributed by atoms with Crippen LogP contribution in [0.25, 0.3) is 0 Å². The zero-order valence-corrected chi connectivity index (χ0v) is 13.5. The highest BCUT2D eigenvalue weighted by Crippen LogP contribution is 2.21. The maximum atomic E-state index is 3.81. The molecule has 1 aromatic heterocycles. The van der Waals surface area contributed by atoms with E-state index in [1.54, 1.807) is 0 Å². The Balaban J connectivity index is 1.53. The number of hydrogen-bond donors (Lipinski definition) is 1. The molecular formula is C18H24N2S. The van der Waals surface area contributed by atoms with Gasteiger partial charge in [-0.3, -0.25) is 4.90 Å². The van der Waals surface area contributed by atoms with E-state index < -0.39 is 0 Å². The monoisotopic (exact) mass is 300 g/mol. The van der Waals surface area contributed by atoms with E-state index in [-0.39, 0.29) is 0 Å². The highest BCUT2D eigenvalue weighted by Gasteiger charge is 2.21. The Hall–Kier alpha value is -1.16. The summed E-state index contributed by atoms with van der Waals surface area (Å²) in [6, 6.07) is 16.3. The van der Waals surface area contributed by atoms with Gasteiger partial charge < -0.3 is 5.32 Å². The van der Waals surface area contributed by atoms with Gasteiger partial charge in [-0.15, -0.1) is 11.3 Å². The van der Waals surface area contributed by atoms with Crippen LogP contribution in [0.4, 0.5) is 0 Å². The first-order valence-corrected chi connectivity index (χ1v) is 8.75. The fraction of sp³-hybridized carbons (Fsp3) is 0.444.